The summed E-state index contributed by atoms with van der Waals surface area (Å²) in [6, 6.07) is 39.6. The number of hydrogen-bond donors (Lipinski definition) is 2. The number of ether oxygens (including phenoxy) is 2. The molecule has 0 bridgehead atoms. The van der Waals surface area contributed by atoms with Crippen LogP contribution in [0.15, 0.2) is 136 Å². The quantitative estimate of drug-likeness (QED) is 0.104. The summed E-state index contributed by atoms with van der Waals surface area (Å²) in [6.07, 6.45) is 0.455. The molecule has 0 aliphatic rings. The van der Waals surface area contributed by atoms with Crippen LogP contribution in [0.3, 0.4) is 0 Å². The maximum atomic E-state index is 12.3. The van der Waals surface area contributed by atoms with Crippen molar-refractivity contribution >= 4 is 61.0 Å². The molecule has 1 aromatic heterocycles. The molecule has 0 fully saturated rings. The standard InChI is InChI=1S/C27H23BrN2O4.C18H17BrO3/c1-17-8-10-25(30(17)23-13-20(27(32)33)12-22(15-23)29-18(2)31)24-14-21(28)9-11-26(24)34-16-19-6-4-3-5-7-19;1-13(20)7-9-17(21)16-11-15(19)8-10-18(16)22-12-14-5-3-2-4-6-14/h3-15H,16H2,1-2H3,(H,29,31)(H,32,33);2-6,8,10-11H,7,9,12H2,1H3. The molecule has 9 nitrogen and oxygen atoms in total. The highest BCUT2D eigenvalue weighted by atomic mass is 79.9. The molecule has 0 saturated heterocycles. The lowest BCUT2D eigenvalue weighted by atomic mass is 10.0. The average Bonchev–Trinajstić information content (AvgIpc) is 3.57. The molecule has 5 aromatic carbocycles. The van der Waals surface area contributed by atoms with Crippen molar-refractivity contribution in [2.75, 3.05) is 5.32 Å². The fourth-order valence-corrected chi connectivity index (χ4v) is 6.52. The highest BCUT2D eigenvalue weighted by Gasteiger charge is 2.18. The van der Waals surface area contributed by atoms with E-state index in [0.29, 0.717) is 41.7 Å². The predicted octanol–water partition coefficient (Wildman–Crippen LogP) is 11.0. The number of aromatic nitrogens is 1. The second-order valence-electron chi connectivity index (χ2n) is 12.9. The SMILES string of the molecule is CC(=O)CCC(=O)c1cc(Br)ccc1OCc1ccccc1.CC(=O)Nc1cc(C(=O)O)cc(-n2c(C)ccc2-c2cc(Br)ccc2OCc2ccccc2)c1. The molecule has 1 amide bonds. The maximum absolute atomic E-state index is 12.3. The summed E-state index contributed by atoms with van der Waals surface area (Å²) in [6.45, 7) is 5.63. The molecule has 56 heavy (non-hydrogen) atoms. The monoisotopic (exact) mass is 878 g/mol. The van der Waals surface area contributed by atoms with Gasteiger partial charge in [0.25, 0.3) is 0 Å². The Labute approximate surface area is 342 Å². The normalized spacial score (nSPS) is 10.5. The summed E-state index contributed by atoms with van der Waals surface area (Å²) in [7, 11) is 0. The fraction of sp³-hybridized carbons (Fsp3) is 0.156. The van der Waals surface area contributed by atoms with E-state index in [1.807, 2.05) is 109 Å². The van der Waals surface area contributed by atoms with E-state index in [9.17, 15) is 24.3 Å². The van der Waals surface area contributed by atoms with E-state index in [4.69, 9.17) is 9.47 Å². The molecule has 0 unspecified atom stereocenters. The first-order chi connectivity index (χ1) is 26.9. The summed E-state index contributed by atoms with van der Waals surface area (Å²) in [5, 5.41) is 12.3. The average molecular weight is 881 g/mol. The minimum atomic E-state index is -1.07. The molecule has 286 valence electrons. The van der Waals surface area contributed by atoms with Gasteiger partial charge in [0.1, 0.15) is 30.5 Å². The van der Waals surface area contributed by atoms with Crippen molar-refractivity contribution < 1.29 is 33.8 Å². The Hall–Kier alpha value is -5.78. The molecular formula is C45H40Br2N2O7. The number of carbonyl (C=O) groups is 4. The first-order valence-corrected chi connectivity index (χ1v) is 19.3. The third kappa shape index (κ3) is 11.6. The van der Waals surface area contributed by atoms with Crippen LogP contribution in [0, 0.1) is 6.92 Å². The summed E-state index contributed by atoms with van der Waals surface area (Å²) in [4.78, 5) is 46.7. The Morgan fingerprint density at radius 1 is 0.679 bits per heavy atom. The Morgan fingerprint density at radius 2 is 1.27 bits per heavy atom. The van der Waals surface area contributed by atoms with Crippen molar-refractivity contribution in [3.8, 4) is 28.4 Å². The van der Waals surface area contributed by atoms with Crippen LogP contribution in [-0.4, -0.2) is 33.1 Å². The van der Waals surface area contributed by atoms with Crippen LogP contribution in [0.1, 0.15) is 64.2 Å². The zero-order valence-electron chi connectivity index (χ0n) is 31.1. The number of carboxylic acids is 1. The maximum Gasteiger partial charge on any atom is 0.335 e. The molecule has 0 aliphatic heterocycles. The second kappa shape index (κ2) is 19.7. The van der Waals surface area contributed by atoms with Crippen molar-refractivity contribution in [1.82, 2.24) is 4.57 Å². The summed E-state index contributed by atoms with van der Waals surface area (Å²) >= 11 is 6.92. The predicted molar refractivity (Wildman–Crippen MR) is 225 cm³/mol. The Morgan fingerprint density at radius 3 is 1.86 bits per heavy atom. The van der Waals surface area contributed by atoms with E-state index in [0.717, 1.165) is 37.0 Å². The highest BCUT2D eigenvalue weighted by molar-refractivity contribution is 9.10. The summed E-state index contributed by atoms with van der Waals surface area (Å²) < 4.78 is 15.6. The number of aromatic carboxylic acids is 1. The number of Topliss-reactive ketones (excluding diaryl/α,β-unsaturated/α-hetero) is 2. The Bertz CT molecular complexity index is 2340. The number of hydrogen-bond acceptors (Lipinski definition) is 6. The lowest BCUT2D eigenvalue weighted by molar-refractivity contribution is -0.117. The van der Waals surface area contributed by atoms with Gasteiger partial charge in [-0.15, -0.1) is 0 Å². The number of nitrogens with zero attached hydrogens (tertiary/aromatic N) is 1. The van der Waals surface area contributed by atoms with Crippen molar-refractivity contribution in [2.45, 2.75) is 46.8 Å². The van der Waals surface area contributed by atoms with Crippen LogP contribution in [0.25, 0.3) is 16.9 Å². The molecule has 6 rings (SSSR count). The molecule has 0 radical (unpaired) electrons. The number of rotatable bonds is 14. The van der Waals surface area contributed by atoms with Crippen LogP contribution in [0.4, 0.5) is 5.69 Å². The van der Waals surface area contributed by atoms with E-state index >= 15 is 0 Å². The number of aryl methyl sites for hydroxylation is 1. The number of halogens is 2. The van der Waals surface area contributed by atoms with Crippen LogP contribution in [0.2, 0.25) is 0 Å². The van der Waals surface area contributed by atoms with Gasteiger partial charge >= 0.3 is 5.97 Å². The van der Waals surface area contributed by atoms with Crippen LogP contribution in [-0.2, 0) is 22.8 Å². The zero-order chi connectivity index (χ0) is 40.2. The van der Waals surface area contributed by atoms with Gasteiger partial charge in [0, 0.05) is 51.3 Å². The minimum Gasteiger partial charge on any atom is -0.488 e. The second-order valence-corrected chi connectivity index (χ2v) is 14.7. The molecule has 0 saturated carbocycles. The smallest absolute Gasteiger partial charge is 0.335 e. The van der Waals surface area contributed by atoms with Gasteiger partial charge in [-0.2, -0.15) is 0 Å². The molecular weight excluding hydrogens is 840 g/mol. The molecule has 2 N–H and O–H groups in total. The number of amides is 1. The van der Waals surface area contributed by atoms with Crippen LogP contribution >= 0.6 is 31.9 Å². The van der Waals surface area contributed by atoms with Crippen molar-refractivity contribution in [3.05, 3.63) is 164 Å². The Balaban J connectivity index is 0.000000236. The summed E-state index contributed by atoms with van der Waals surface area (Å²) in [5.41, 5.74) is 6.29. The highest BCUT2D eigenvalue weighted by Crippen LogP contribution is 2.37. The van der Waals surface area contributed by atoms with Crippen molar-refractivity contribution in [1.29, 1.82) is 0 Å². The lowest BCUT2D eigenvalue weighted by Crippen LogP contribution is -2.09. The Kier molecular flexibility index (Phi) is 14.6. The van der Waals surface area contributed by atoms with Gasteiger partial charge in [0.15, 0.2) is 5.78 Å². The van der Waals surface area contributed by atoms with E-state index in [-0.39, 0.29) is 35.9 Å². The van der Waals surface area contributed by atoms with Crippen LogP contribution < -0.4 is 14.8 Å². The third-order valence-electron chi connectivity index (χ3n) is 8.46. The van der Waals surface area contributed by atoms with Gasteiger partial charge in [0.05, 0.1) is 16.8 Å². The van der Waals surface area contributed by atoms with E-state index in [1.165, 1.54) is 19.9 Å². The number of anilines is 1. The van der Waals surface area contributed by atoms with Crippen molar-refractivity contribution in [3.63, 3.8) is 0 Å². The minimum absolute atomic E-state index is 0.00935. The molecule has 0 spiro atoms. The number of ketones is 2. The van der Waals surface area contributed by atoms with Gasteiger partial charge in [-0.3, -0.25) is 9.59 Å². The molecule has 1 heterocycles. The van der Waals surface area contributed by atoms with Crippen molar-refractivity contribution in [2.24, 2.45) is 0 Å². The number of benzene rings is 5. The largest absolute Gasteiger partial charge is 0.488 e. The van der Waals surface area contributed by atoms with Gasteiger partial charge in [0.2, 0.25) is 5.91 Å². The number of carbonyl (C=O) groups excluding carboxylic acids is 3. The molecule has 0 atom stereocenters. The van der Waals surface area contributed by atoms with Gasteiger partial charge in [-0.25, -0.2) is 4.79 Å². The van der Waals surface area contributed by atoms with Gasteiger partial charge in [-0.1, -0.05) is 92.5 Å². The number of carboxylic acid groups (broad SMARTS) is 1. The first-order valence-electron chi connectivity index (χ1n) is 17.7. The van der Waals surface area contributed by atoms with E-state index < -0.39 is 5.97 Å². The molecule has 11 heteroatoms. The van der Waals surface area contributed by atoms with E-state index in [1.54, 1.807) is 24.3 Å². The first kappa shape index (κ1) is 41.4. The number of nitrogens with one attached hydrogen (secondary N) is 1. The molecule has 0 aliphatic carbocycles. The van der Waals surface area contributed by atoms with Crippen LogP contribution in [0.5, 0.6) is 11.5 Å². The zero-order valence-corrected chi connectivity index (χ0v) is 34.2. The van der Waals surface area contributed by atoms with Gasteiger partial charge < -0.3 is 29.3 Å². The lowest BCUT2D eigenvalue weighted by Gasteiger charge is -2.17. The topological polar surface area (TPSA) is 124 Å². The third-order valence-corrected chi connectivity index (χ3v) is 9.44. The fourth-order valence-electron chi connectivity index (χ4n) is 5.80. The van der Waals surface area contributed by atoms with Gasteiger partial charge in [-0.05, 0) is 91.7 Å². The molecule has 6 aromatic rings. The van der Waals surface area contributed by atoms with E-state index in [2.05, 4.69) is 37.2 Å². The summed E-state index contributed by atoms with van der Waals surface area (Å²) in [5.74, 6) is -0.186.